The summed E-state index contributed by atoms with van der Waals surface area (Å²) in [4.78, 5) is 19.0. The van der Waals surface area contributed by atoms with Gasteiger partial charge in [0.1, 0.15) is 0 Å². The Morgan fingerprint density at radius 3 is 2.10 bits per heavy atom. The zero-order valence-electron chi connectivity index (χ0n) is 33.2. The van der Waals surface area contributed by atoms with Crippen molar-refractivity contribution in [2.75, 3.05) is 0 Å². The van der Waals surface area contributed by atoms with Crippen molar-refractivity contribution < 1.29 is 31.4 Å². The molecular formula is C46H56IrNO2S-. The third-order valence-corrected chi connectivity index (χ3v) is 11.1. The molecule has 0 amide bonds. The number of hydrogen-bond donors (Lipinski definition) is 1. The molecule has 1 aliphatic rings. The van der Waals surface area contributed by atoms with Crippen molar-refractivity contribution in [3.8, 4) is 11.3 Å². The molecule has 273 valence electrons. The van der Waals surface area contributed by atoms with E-state index < -0.39 is 0 Å². The molecule has 4 aromatic carbocycles. The quantitative estimate of drug-likeness (QED) is 0.0680. The number of aliphatic hydroxyl groups is 1. The van der Waals surface area contributed by atoms with Crippen LogP contribution in [0, 0.1) is 28.7 Å². The van der Waals surface area contributed by atoms with E-state index in [1.54, 1.807) is 0 Å². The minimum Gasteiger partial charge on any atom is -0.512 e. The number of nitrogens with zero attached hydrogens (tertiary/aromatic N) is 1. The van der Waals surface area contributed by atoms with E-state index in [4.69, 9.17) is 6.35 Å². The number of aliphatic hydroxyl groups excluding tert-OH is 1. The molecule has 0 aliphatic carbocycles. The maximum absolute atomic E-state index is 11.7. The fourth-order valence-electron chi connectivity index (χ4n) is 7.28. The molecule has 0 atom stereocenters. The van der Waals surface area contributed by atoms with Crippen molar-refractivity contribution >= 4 is 49.9 Å². The third kappa shape index (κ3) is 9.16. The first-order chi connectivity index (χ1) is 24.1. The van der Waals surface area contributed by atoms with Crippen LogP contribution in [0.5, 0.6) is 0 Å². The van der Waals surface area contributed by atoms with E-state index in [0.29, 0.717) is 6.17 Å². The second-order valence-corrected chi connectivity index (χ2v) is 17.4. The summed E-state index contributed by atoms with van der Waals surface area (Å²) in [5.41, 5.74) is 5.03. The monoisotopic (exact) mass is 880 g/mol. The topological polar surface area (TPSA) is 50.2 Å². The number of ketones is 1. The Balaban J connectivity index is 0.000000323. The van der Waals surface area contributed by atoms with Gasteiger partial charge >= 0.3 is 0 Å². The van der Waals surface area contributed by atoms with E-state index in [0.717, 1.165) is 65.9 Å². The van der Waals surface area contributed by atoms with E-state index in [1.807, 2.05) is 45.5 Å². The van der Waals surface area contributed by atoms with E-state index in [1.165, 1.54) is 43.2 Å². The van der Waals surface area contributed by atoms with Crippen LogP contribution in [0.2, 0.25) is 0 Å². The Hall–Kier alpha value is -2.98. The standard InChI is InChI=1S/C33H32NS.C13H24O2.Ir/c1-32(2,3)18-21-11-9-13-23-24-14-15-34-30-26-16-20-10-7-8-12-22(20)27(19-33(4,5)6)31(26)35-28(29(24)30)17-25(21)23;1-5-10(6-2)12(14)9-13(15)11(7-3)8-4;/h7-15,17H,18-19H2,1-6H3;9-11,14H,5-8H2,1-4H3;/q-1;;/b;12-9-;/i15D;;. The van der Waals surface area contributed by atoms with Gasteiger partial charge in [0, 0.05) is 54.8 Å². The average molecular weight is 880 g/mol. The zero-order chi connectivity index (χ0) is 37.2. The number of carbonyl (C=O) groups excluding carboxylic acids is 1. The van der Waals surface area contributed by atoms with Gasteiger partial charge in [-0.3, -0.25) is 9.78 Å². The van der Waals surface area contributed by atoms with Crippen LogP contribution in [0.4, 0.5) is 0 Å². The van der Waals surface area contributed by atoms with Crippen LogP contribution in [0.15, 0.2) is 82.4 Å². The Morgan fingerprint density at radius 1 is 0.843 bits per heavy atom. The molecule has 1 radical (unpaired) electrons. The molecule has 51 heavy (non-hydrogen) atoms. The number of hydrogen-bond acceptors (Lipinski definition) is 4. The first-order valence-corrected chi connectivity index (χ1v) is 19.4. The van der Waals surface area contributed by atoms with Crippen molar-refractivity contribution in [3.05, 3.63) is 89.8 Å². The van der Waals surface area contributed by atoms with Gasteiger partial charge in [-0.25, -0.2) is 0 Å². The van der Waals surface area contributed by atoms with E-state index in [2.05, 4.69) is 96.1 Å². The minimum atomic E-state index is 0. The molecule has 2 heterocycles. The predicted molar refractivity (Wildman–Crippen MR) is 215 cm³/mol. The van der Waals surface area contributed by atoms with Crippen molar-refractivity contribution in [1.82, 2.24) is 4.98 Å². The molecule has 0 saturated heterocycles. The molecule has 5 heteroatoms. The number of benzene rings is 4. The Kier molecular flexibility index (Phi) is 12.9. The normalized spacial score (nSPS) is 13.3. The predicted octanol–water partition coefficient (Wildman–Crippen LogP) is 13.5. The summed E-state index contributed by atoms with van der Waals surface area (Å²) < 4.78 is 8.66. The van der Waals surface area contributed by atoms with E-state index >= 15 is 0 Å². The molecule has 1 N–H and O–H groups in total. The smallest absolute Gasteiger partial charge is 0.162 e. The van der Waals surface area contributed by atoms with Crippen LogP contribution < -0.4 is 0 Å². The number of rotatable bonds is 9. The molecule has 1 aliphatic heterocycles. The number of aromatic nitrogens is 1. The average Bonchev–Trinajstić information content (AvgIpc) is 3.05. The molecule has 6 rings (SSSR count). The minimum absolute atomic E-state index is 0. The summed E-state index contributed by atoms with van der Waals surface area (Å²) >= 11 is 1.87. The third-order valence-electron chi connectivity index (χ3n) is 9.87. The van der Waals surface area contributed by atoms with Gasteiger partial charge in [0.15, 0.2) is 5.78 Å². The van der Waals surface area contributed by atoms with Gasteiger partial charge in [-0.15, -0.1) is 29.3 Å². The van der Waals surface area contributed by atoms with Gasteiger partial charge in [-0.1, -0.05) is 122 Å². The van der Waals surface area contributed by atoms with Gasteiger partial charge in [0.2, 0.25) is 0 Å². The summed E-state index contributed by atoms with van der Waals surface area (Å²) in [6, 6.07) is 23.3. The van der Waals surface area contributed by atoms with Crippen LogP contribution in [-0.2, 0) is 37.7 Å². The molecule has 1 aromatic heterocycles. The largest absolute Gasteiger partial charge is 0.512 e. The molecular weight excluding hydrogens is 823 g/mol. The summed E-state index contributed by atoms with van der Waals surface area (Å²) in [6.45, 7) is 21.9. The molecule has 0 fully saturated rings. The molecule has 5 aromatic rings. The summed E-state index contributed by atoms with van der Waals surface area (Å²) in [7, 11) is 0. The molecule has 3 nitrogen and oxygen atoms in total. The van der Waals surface area contributed by atoms with Crippen molar-refractivity contribution in [2.24, 2.45) is 22.7 Å². The van der Waals surface area contributed by atoms with Crippen molar-refractivity contribution in [3.63, 3.8) is 0 Å². The van der Waals surface area contributed by atoms with Crippen LogP contribution in [0.3, 0.4) is 0 Å². The molecule has 0 unspecified atom stereocenters. The van der Waals surface area contributed by atoms with Gasteiger partial charge in [-0.2, -0.15) is 0 Å². The van der Waals surface area contributed by atoms with Crippen molar-refractivity contribution in [1.29, 1.82) is 0 Å². The SMILES string of the molecule is CCC(CC)C(=O)/C=C(\O)C(CC)CC.[2H]c1cc2c3c(cc4c(CC(C)(C)C)cccc42)Sc2c([c-]c4ccccc4c2CC(C)(C)C)-c3n1.[Ir]. The van der Waals surface area contributed by atoms with Gasteiger partial charge in [-0.05, 0) is 93.5 Å². The van der Waals surface area contributed by atoms with Gasteiger partial charge in [0.05, 0.1) is 7.13 Å². The number of carbonyl (C=O) groups is 1. The fourth-order valence-corrected chi connectivity index (χ4v) is 8.54. The first kappa shape index (κ1) is 39.2. The zero-order valence-corrected chi connectivity index (χ0v) is 35.4. The van der Waals surface area contributed by atoms with Crippen LogP contribution in [0.25, 0.3) is 43.6 Å². The summed E-state index contributed by atoms with van der Waals surface area (Å²) in [5, 5.41) is 17.0. The van der Waals surface area contributed by atoms with E-state index in [-0.39, 0.29) is 54.3 Å². The number of fused-ring (bicyclic) bond motifs is 5. The Labute approximate surface area is 325 Å². The van der Waals surface area contributed by atoms with Crippen molar-refractivity contribution in [2.45, 2.75) is 118 Å². The Bertz CT molecular complexity index is 2100. The summed E-state index contributed by atoms with van der Waals surface area (Å²) in [5.74, 6) is 0.547. The number of pyridine rings is 1. The van der Waals surface area contributed by atoms with Gasteiger partial charge < -0.3 is 5.11 Å². The van der Waals surface area contributed by atoms with Crippen LogP contribution in [0.1, 0.15) is 107 Å². The Morgan fingerprint density at radius 2 is 1.47 bits per heavy atom. The van der Waals surface area contributed by atoms with E-state index in [9.17, 15) is 9.90 Å². The first-order valence-electron chi connectivity index (χ1n) is 19.0. The fraction of sp³-hybridized carbons (Fsp3) is 0.435. The second kappa shape index (κ2) is 16.8. The summed E-state index contributed by atoms with van der Waals surface area (Å²) in [6.07, 6.45) is 7.20. The second-order valence-electron chi connectivity index (χ2n) is 16.3. The molecule has 0 bridgehead atoms. The number of allylic oxidation sites excluding steroid dienone is 2. The van der Waals surface area contributed by atoms with Gasteiger partial charge in [0.25, 0.3) is 0 Å². The maximum Gasteiger partial charge on any atom is 0.162 e. The van der Waals surface area contributed by atoms with Crippen LogP contribution in [-0.4, -0.2) is 15.9 Å². The maximum atomic E-state index is 11.7. The van der Waals surface area contributed by atoms with Crippen LogP contribution >= 0.6 is 11.8 Å². The molecule has 0 saturated carbocycles. The molecule has 0 spiro atoms.